The van der Waals surface area contributed by atoms with Crippen molar-refractivity contribution in [3.63, 3.8) is 0 Å². The van der Waals surface area contributed by atoms with Gasteiger partial charge >= 0.3 is 6.03 Å². The molecule has 0 radical (unpaired) electrons. The first-order valence-electron chi connectivity index (χ1n) is 8.21. The van der Waals surface area contributed by atoms with Crippen LogP contribution in [0.2, 0.25) is 0 Å². The average molecular weight is 377 g/mol. The average Bonchev–Trinajstić information content (AvgIpc) is 2.56. The molecule has 0 fully saturated rings. The van der Waals surface area contributed by atoms with E-state index in [1.54, 1.807) is 29.7 Å². The predicted molar refractivity (Wildman–Crippen MR) is 102 cm³/mol. The van der Waals surface area contributed by atoms with Crippen molar-refractivity contribution in [2.45, 2.75) is 30.3 Å². The minimum absolute atomic E-state index is 0.139. The van der Waals surface area contributed by atoms with Crippen LogP contribution in [0.25, 0.3) is 10.9 Å². The van der Waals surface area contributed by atoms with Gasteiger partial charge in [-0.15, -0.1) is 0 Å². The Balaban J connectivity index is 2.36. The Morgan fingerprint density at radius 1 is 1.35 bits per heavy atom. The number of primary amides is 1. The molecule has 1 aromatic carbocycles. The van der Waals surface area contributed by atoms with Gasteiger partial charge in [0.25, 0.3) is 5.56 Å². The van der Waals surface area contributed by atoms with Gasteiger partial charge in [0.05, 0.1) is 16.2 Å². The first-order valence-corrected chi connectivity index (χ1v) is 9.09. The van der Waals surface area contributed by atoms with E-state index in [2.05, 4.69) is 4.98 Å². The summed E-state index contributed by atoms with van der Waals surface area (Å²) in [6.45, 7) is 2.94. The fourth-order valence-electron chi connectivity index (χ4n) is 2.41. The Hall–Kier alpha value is -2.39. The van der Waals surface area contributed by atoms with Crippen LogP contribution in [0.1, 0.15) is 13.3 Å². The number of carbonyl (C=O) groups excluding carboxylic acids is 2. The number of imide groups is 1. The van der Waals surface area contributed by atoms with Crippen molar-refractivity contribution in [1.82, 2.24) is 19.8 Å². The molecular weight excluding hydrogens is 354 g/mol. The lowest BCUT2D eigenvalue weighted by atomic mass is 10.2. The molecule has 0 aliphatic rings. The number of benzene rings is 1. The highest BCUT2D eigenvalue weighted by Gasteiger charge is 2.20. The lowest BCUT2D eigenvalue weighted by Crippen LogP contribution is -2.39. The Bertz CT molecular complexity index is 865. The van der Waals surface area contributed by atoms with Gasteiger partial charge < -0.3 is 10.6 Å². The molecule has 3 N–H and O–H groups in total. The molecular formula is C17H23N5O3S. The summed E-state index contributed by atoms with van der Waals surface area (Å²) in [6, 6.07) is 6.20. The standard InChI is InChI=1S/C17H23N5O3S/c1-11(14(23)20-16(18)25)26-17-19-13-8-5-4-7-12(13)15(24)22(17)10-6-9-21(2)3/h4-5,7-8,11H,6,9-10H2,1-3H3,(H3,18,20,23,25)/t11-/m0/s1. The number of aromatic nitrogens is 2. The number of thioether (sulfide) groups is 1. The number of nitrogens with two attached hydrogens (primary N) is 1. The van der Waals surface area contributed by atoms with E-state index < -0.39 is 17.2 Å². The van der Waals surface area contributed by atoms with Gasteiger partial charge in [-0.1, -0.05) is 23.9 Å². The second-order valence-corrected chi connectivity index (χ2v) is 7.45. The molecule has 2 rings (SSSR count). The number of hydrogen-bond donors (Lipinski definition) is 2. The van der Waals surface area contributed by atoms with Gasteiger partial charge in [-0.05, 0) is 46.1 Å². The van der Waals surface area contributed by atoms with E-state index in [-0.39, 0.29) is 5.56 Å². The van der Waals surface area contributed by atoms with Crippen LogP contribution in [0.5, 0.6) is 0 Å². The van der Waals surface area contributed by atoms with Gasteiger partial charge in [0.1, 0.15) is 0 Å². The third-order valence-electron chi connectivity index (χ3n) is 3.71. The van der Waals surface area contributed by atoms with Gasteiger partial charge in [-0.2, -0.15) is 0 Å². The van der Waals surface area contributed by atoms with Gasteiger partial charge in [0, 0.05) is 6.54 Å². The second-order valence-electron chi connectivity index (χ2n) is 6.14. The molecule has 1 atom stereocenters. The maximum atomic E-state index is 12.9. The topological polar surface area (TPSA) is 110 Å². The lowest BCUT2D eigenvalue weighted by Gasteiger charge is -2.16. The molecule has 8 nitrogen and oxygen atoms in total. The Kier molecular flexibility index (Phi) is 6.76. The van der Waals surface area contributed by atoms with Crippen LogP contribution in [0.15, 0.2) is 34.2 Å². The van der Waals surface area contributed by atoms with E-state index in [1.165, 1.54) is 0 Å². The third kappa shape index (κ3) is 5.06. The number of urea groups is 1. The van der Waals surface area contributed by atoms with Crippen LogP contribution < -0.4 is 16.6 Å². The van der Waals surface area contributed by atoms with Crippen molar-refractivity contribution in [3.8, 4) is 0 Å². The van der Waals surface area contributed by atoms with E-state index >= 15 is 0 Å². The van der Waals surface area contributed by atoms with Crippen molar-refractivity contribution in [3.05, 3.63) is 34.6 Å². The van der Waals surface area contributed by atoms with Gasteiger partial charge in [0.2, 0.25) is 5.91 Å². The number of amides is 3. The minimum atomic E-state index is -0.905. The summed E-state index contributed by atoms with van der Waals surface area (Å²) in [5.74, 6) is -0.523. The number of hydrogen-bond acceptors (Lipinski definition) is 6. The van der Waals surface area contributed by atoms with E-state index in [4.69, 9.17) is 5.73 Å². The highest BCUT2D eigenvalue weighted by molar-refractivity contribution is 8.00. The Labute approximate surface area is 155 Å². The molecule has 2 aromatic rings. The second kappa shape index (κ2) is 8.81. The van der Waals surface area contributed by atoms with E-state index in [0.717, 1.165) is 24.7 Å². The molecule has 1 aromatic heterocycles. The molecule has 0 spiro atoms. The van der Waals surface area contributed by atoms with Crippen LogP contribution in [-0.2, 0) is 11.3 Å². The zero-order chi connectivity index (χ0) is 19.3. The number of carbonyl (C=O) groups is 2. The van der Waals surface area contributed by atoms with E-state index in [0.29, 0.717) is 22.6 Å². The zero-order valence-corrected chi connectivity index (χ0v) is 15.9. The molecule has 9 heteroatoms. The van der Waals surface area contributed by atoms with Crippen LogP contribution in [-0.4, -0.2) is 52.3 Å². The summed E-state index contributed by atoms with van der Waals surface area (Å²) >= 11 is 1.13. The van der Waals surface area contributed by atoms with Crippen molar-refractivity contribution in [2.75, 3.05) is 20.6 Å². The zero-order valence-electron chi connectivity index (χ0n) is 15.1. The summed E-state index contributed by atoms with van der Waals surface area (Å²) in [7, 11) is 3.93. The number of rotatable bonds is 7. The molecule has 0 saturated heterocycles. The summed E-state index contributed by atoms with van der Waals surface area (Å²) in [4.78, 5) is 42.3. The monoisotopic (exact) mass is 377 g/mol. The maximum Gasteiger partial charge on any atom is 0.318 e. The molecule has 0 unspecified atom stereocenters. The van der Waals surface area contributed by atoms with Crippen molar-refractivity contribution < 1.29 is 9.59 Å². The summed E-state index contributed by atoms with van der Waals surface area (Å²) in [5, 5.41) is 2.40. The Morgan fingerprint density at radius 2 is 2.04 bits per heavy atom. The van der Waals surface area contributed by atoms with Crippen molar-refractivity contribution in [1.29, 1.82) is 0 Å². The fourth-order valence-corrected chi connectivity index (χ4v) is 3.35. The molecule has 0 aliphatic carbocycles. The number of fused-ring (bicyclic) bond motifs is 1. The van der Waals surface area contributed by atoms with Gasteiger partial charge in [-0.25, -0.2) is 9.78 Å². The van der Waals surface area contributed by atoms with Crippen LogP contribution in [0.4, 0.5) is 4.79 Å². The molecule has 3 amide bonds. The molecule has 140 valence electrons. The number of nitrogens with one attached hydrogen (secondary N) is 1. The maximum absolute atomic E-state index is 12.9. The van der Waals surface area contributed by atoms with Crippen LogP contribution >= 0.6 is 11.8 Å². The first-order chi connectivity index (χ1) is 12.3. The van der Waals surface area contributed by atoms with Crippen LogP contribution in [0.3, 0.4) is 0 Å². The molecule has 26 heavy (non-hydrogen) atoms. The van der Waals surface area contributed by atoms with E-state index in [9.17, 15) is 14.4 Å². The largest absolute Gasteiger partial charge is 0.351 e. The highest BCUT2D eigenvalue weighted by Crippen LogP contribution is 2.22. The molecule has 1 heterocycles. The first kappa shape index (κ1) is 19.9. The highest BCUT2D eigenvalue weighted by atomic mass is 32.2. The quantitative estimate of drug-likeness (QED) is 0.551. The normalized spacial score (nSPS) is 12.3. The van der Waals surface area contributed by atoms with Gasteiger partial charge in [-0.3, -0.25) is 19.5 Å². The number of para-hydroxylation sites is 1. The smallest absolute Gasteiger partial charge is 0.318 e. The predicted octanol–water partition coefficient (Wildman–Crippen LogP) is 1.02. The Morgan fingerprint density at radius 3 is 2.69 bits per heavy atom. The van der Waals surface area contributed by atoms with Crippen molar-refractivity contribution in [2.24, 2.45) is 5.73 Å². The van der Waals surface area contributed by atoms with Crippen molar-refractivity contribution >= 4 is 34.6 Å². The molecule has 0 bridgehead atoms. The van der Waals surface area contributed by atoms with E-state index in [1.807, 2.05) is 30.4 Å². The third-order valence-corrected chi connectivity index (χ3v) is 4.80. The van der Waals surface area contributed by atoms with Crippen LogP contribution in [0, 0.1) is 0 Å². The SMILES string of the molecule is C[C@H](Sc1nc2ccccc2c(=O)n1CCCN(C)C)C(=O)NC(N)=O. The lowest BCUT2D eigenvalue weighted by molar-refractivity contribution is -0.119. The number of nitrogens with zero attached hydrogens (tertiary/aromatic N) is 3. The molecule has 0 aliphatic heterocycles. The summed E-state index contributed by atoms with van der Waals surface area (Å²) in [6.07, 6.45) is 0.766. The van der Waals surface area contributed by atoms with Gasteiger partial charge in [0.15, 0.2) is 5.16 Å². The fraction of sp³-hybridized carbons (Fsp3) is 0.412. The summed E-state index contributed by atoms with van der Waals surface area (Å²) < 4.78 is 1.59. The molecule has 0 saturated carbocycles. The minimum Gasteiger partial charge on any atom is -0.351 e. The summed E-state index contributed by atoms with van der Waals surface area (Å²) in [5.41, 5.74) is 5.43.